The highest BCUT2D eigenvalue weighted by atomic mass is 79.9. The number of anilines is 1. The Balaban J connectivity index is 2.05. The third kappa shape index (κ3) is 3.35. The summed E-state index contributed by atoms with van der Waals surface area (Å²) in [6.07, 6.45) is 0. The number of hydrogen-bond acceptors (Lipinski definition) is 3. The van der Waals surface area contributed by atoms with Crippen LogP contribution in [0, 0.1) is 6.92 Å². The maximum absolute atomic E-state index is 11.9. The molecular weight excluding hydrogens is 306 g/mol. The number of carbonyl (C=O) groups is 1. The van der Waals surface area contributed by atoms with Gasteiger partial charge in [0, 0.05) is 15.7 Å². The van der Waals surface area contributed by atoms with Crippen molar-refractivity contribution in [1.29, 1.82) is 0 Å². The molecule has 0 aliphatic carbocycles. The van der Waals surface area contributed by atoms with Gasteiger partial charge in [-0.05, 0) is 30.7 Å². The molecule has 4 heteroatoms. The summed E-state index contributed by atoms with van der Waals surface area (Å²) in [5, 5.41) is 0. The van der Waals surface area contributed by atoms with Crippen molar-refractivity contribution in [2.24, 2.45) is 0 Å². The fourth-order valence-electron chi connectivity index (χ4n) is 1.61. The first-order valence-corrected chi connectivity index (χ1v) is 6.64. The lowest BCUT2D eigenvalue weighted by Crippen LogP contribution is -2.06. The third-order valence-corrected chi connectivity index (χ3v) is 3.61. The Morgan fingerprint density at radius 3 is 2.68 bits per heavy atom. The second-order valence-electron chi connectivity index (χ2n) is 4.24. The summed E-state index contributed by atoms with van der Waals surface area (Å²) < 4.78 is 6.19. The van der Waals surface area contributed by atoms with E-state index in [0.717, 1.165) is 15.6 Å². The predicted molar refractivity (Wildman–Crippen MR) is 78.9 cm³/mol. The monoisotopic (exact) mass is 319 g/mol. The normalized spacial score (nSPS) is 10.2. The van der Waals surface area contributed by atoms with Gasteiger partial charge in [-0.15, -0.1) is 0 Å². The van der Waals surface area contributed by atoms with Crippen LogP contribution >= 0.6 is 15.9 Å². The van der Waals surface area contributed by atoms with Crippen molar-refractivity contribution in [3.8, 4) is 0 Å². The van der Waals surface area contributed by atoms with Gasteiger partial charge in [0.15, 0.2) is 0 Å². The largest absolute Gasteiger partial charge is 0.457 e. The average Bonchev–Trinajstić information content (AvgIpc) is 2.40. The fourth-order valence-corrected chi connectivity index (χ4v) is 2.01. The molecule has 0 fully saturated rings. The van der Waals surface area contributed by atoms with E-state index in [1.807, 2.05) is 37.3 Å². The maximum atomic E-state index is 11.9. The van der Waals surface area contributed by atoms with Gasteiger partial charge in [0.25, 0.3) is 0 Å². The Kier molecular flexibility index (Phi) is 4.22. The number of hydrogen-bond donors (Lipinski definition) is 1. The first-order valence-electron chi connectivity index (χ1n) is 5.84. The highest BCUT2D eigenvalue weighted by Crippen LogP contribution is 2.18. The van der Waals surface area contributed by atoms with Gasteiger partial charge in [0.05, 0.1) is 5.56 Å². The zero-order chi connectivity index (χ0) is 13.8. The molecule has 2 rings (SSSR count). The number of aryl methyl sites for hydroxylation is 1. The van der Waals surface area contributed by atoms with E-state index < -0.39 is 0 Å². The molecule has 2 aromatic carbocycles. The van der Waals surface area contributed by atoms with Crippen molar-refractivity contribution in [3.63, 3.8) is 0 Å². The molecule has 2 aromatic rings. The van der Waals surface area contributed by atoms with Gasteiger partial charge in [0.1, 0.15) is 6.61 Å². The first kappa shape index (κ1) is 13.6. The van der Waals surface area contributed by atoms with Crippen LogP contribution in [-0.2, 0) is 11.3 Å². The van der Waals surface area contributed by atoms with Gasteiger partial charge >= 0.3 is 5.97 Å². The second kappa shape index (κ2) is 5.89. The van der Waals surface area contributed by atoms with E-state index in [1.165, 1.54) is 0 Å². The minimum absolute atomic E-state index is 0.230. The first-order chi connectivity index (χ1) is 9.08. The molecule has 0 saturated carbocycles. The van der Waals surface area contributed by atoms with E-state index in [4.69, 9.17) is 10.5 Å². The van der Waals surface area contributed by atoms with Gasteiger partial charge in [0.2, 0.25) is 0 Å². The van der Waals surface area contributed by atoms with Crippen LogP contribution in [0.5, 0.6) is 0 Å². The van der Waals surface area contributed by atoms with E-state index >= 15 is 0 Å². The van der Waals surface area contributed by atoms with Gasteiger partial charge in [-0.2, -0.15) is 0 Å². The standard InChI is InChI=1S/C15H14BrNO2/c1-10-6-7-11(8-14(10)17)15(18)19-9-12-4-2-3-5-13(12)16/h2-8H,9,17H2,1H3. The Bertz CT molecular complexity index is 611. The summed E-state index contributed by atoms with van der Waals surface area (Å²) in [5.41, 5.74) is 8.71. The quantitative estimate of drug-likeness (QED) is 0.693. The van der Waals surface area contributed by atoms with E-state index in [0.29, 0.717) is 11.3 Å². The third-order valence-electron chi connectivity index (χ3n) is 2.83. The summed E-state index contributed by atoms with van der Waals surface area (Å²) in [7, 11) is 0. The second-order valence-corrected chi connectivity index (χ2v) is 5.09. The van der Waals surface area contributed by atoms with Crippen LogP contribution in [0.3, 0.4) is 0 Å². The fraction of sp³-hybridized carbons (Fsp3) is 0.133. The lowest BCUT2D eigenvalue weighted by atomic mass is 10.1. The highest BCUT2D eigenvalue weighted by molar-refractivity contribution is 9.10. The topological polar surface area (TPSA) is 52.3 Å². The van der Waals surface area contributed by atoms with Crippen LogP contribution in [0.2, 0.25) is 0 Å². The van der Waals surface area contributed by atoms with Crippen molar-refractivity contribution in [1.82, 2.24) is 0 Å². The van der Waals surface area contributed by atoms with E-state index in [-0.39, 0.29) is 12.6 Å². The van der Waals surface area contributed by atoms with Crippen LogP contribution in [0.15, 0.2) is 46.9 Å². The SMILES string of the molecule is Cc1ccc(C(=O)OCc2ccccc2Br)cc1N. The molecule has 0 unspecified atom stereocenters. The summed E-state index contributed by atoms with van der Waals surface area (Å²) in [4.78, 5) is 11.9. The van der Waals surface area contributed by atoms with Crippen molar-refractivity contribution in [3.05, 3.63) is 63.6 Å². The summed E-state index contributed by atoms with van der Waals surface area (Å²) in [6.45, 7) is 2.12. The maximum Gasteiger partial charge on any atom is 0.338 e. The van der Waals surface area contributed by atoms with Gasteiger partial charge < -0.3 is 10.5 Å². The predicted octanol–water partition coefficient (Wildman–Crippen LogP) is 3.70. The Morgan fingerprint density at radius 2 is 2.00 bits per heavy atom. The molecule has 0 bridgehead atoms. The highest BCUT2D eigenvalue weighted by Gasteiger charge is 2.09. The molecule has 0 heterocycles. The Morgan fingerprint density at radius 1 is 1.26 bits per heavy atom. The minimum Gasteiger partial charge on any atom is -0.457 e. The molecule has 0 amide bonds. The van der Waals surface area contributed by atoms with E-state index in [1.54, 1.807) is 12.1 Å². The van der Waals surface area contributed by atoms with Crippen molar-refractivity contribution in [2.45, 2.75) is 13.5 Å². The van der Waals surface area contributed by atoms with Gasteiger partial charge in [-0.3, -0.25) is 0 Å². The number of benzene rings is 2. The molecule has 0 aromatic heterocycles. The minimum atomic E-state index is -0.373. The van der Waals surface area contributed by atoms with Crippen molar-refractivity contribution >= 4 is 27.6 Å². The number of rotatable bonds is 3. The van der Waals surface area contributed by atoms with Gasteiger partial charge in [-0.25, -0.2) is 4.79 Å². The van der Waals surface area contributed by atoms with Crippen LogP contribution in [0.25, 0.3) is 0 Å². The molecule has 0 spiro atoms. The number of halogens is 1. The Hall–Kier alpha value is -1.81. The average molecular weight is 320 g/mol. The smallest absolute Gasteiger partial charge is 0.338 e. The zero-order valence-corrected chi connectivity index (χ0v) is 12.1. The van der Waals surface area contributed by atoms with Gasteiger partial charge in [-0.1, -0.05) is 40.2 Å². The van der Waals surface area contributed by atoms with E-state index in [2.05, 4.69) is 15.9 Å². The molecule has 98 valence electrons. The molecule has 0 aliphatic heterocycles. The Labute approximate surface area is 120 Å². The lowest BCUT2D eigenvalue weighted by molar-refractivity contribution is 0.0472. The molecule has 0 aliphatic rings. The van der Waals surface area contributed by atoms with Crippen LogP contribution in [-0.4, -0.2) is 5.97 Å². The van der Waals surface area contributed by atoms with Crippen molar-refractivity contribution in [2.75, 3.05) is 5.73 Å². The van der Waals surface area contributed by atoms with Crippen LogP contribution in [0.1, 0.15) is 21.5 Å². The van der Waals surface area contributed by atoms with Crippen molar-refractivity contribution < 1.29 is 9.53 Å². The summed E-state index contributed by atoms with van der Waals surface area (Å²) in [6, 6.07) is 12.8. The van der Waals surface area contributed by atoms with Crippen LogP contribution < -0.4 is 5.73 Å². The molecular formula is C15H14BrNO2. The molecule has 0 radical (unpaired) electrons. The van der Waals surface area contributed by atoms with Crippen LogP contribution in [0.4, 0.5) is 5.69 Å². The lowest BCUT2D eigenvalue weighted by Gasteiger charge is -2.08. The molecule has 2 N–H and O–H groups in total. The summed E-state index contributed by atoms with van der Waals surface area (Å²) in [5.74, 6) is -0.373. The molecule has 0 saturated heterocycles. The number of carbonyl (C=O) groups excluding carboxylic acids is 1. The van der Waals surface area contributed by atoms with E-state index in [9.17, 15) is 4.79 Å². The summed E-state index contributed by atoms with van der Waals surface area (Å²) >= 11 is 3.41. The molecule has 0 atom stereocenters. The molecule has 19 heavy (non-hydrogen) atoms. The molecule has 3 nitrogen and oxygen atoms in total. The number of nitrogens with two attached hydrogens (primary N) is 1. The zero-order valence-electron chi connectivity index (χ0n) is 10.5. The number of ether oxygens (including phenoxy) is 1. The number of esters is 1. The number of nitrogen functional groups attached to an aromatic ring is 1.